The number of hydrogen-bond donors (Lipinski definition) is 1. The van der Waals surface area contributed by atoms with Gasteiger partial charge in [-0.15, -0.1) is 11.3 Å². The highest BCUT2D eigenvalue weighted by Crippen LogP contribution is 2.31. The van der Waals surface area contributed by atoms with Crippen LogP contribution in [0.1, 0.15) is 22.8 Å². The van der Waals surface area contributed by atoms with Gasteiger partial charge in [0, 0.05) is 15.3 Å². The maximum atomic E-state index is 5.70. The highest BCUT2D eigenvalue weighted by atomic mass is 79.9. The van der Waals surface area contributed by atoms with E-state index < -0.39 is 0 Å². The number of nitrogens with two attached hydrogens (primary N) is 1. The maximum absolute atomic E-state index is 5.70. The molecule has 1 unspecified atom stereocenters. The lowest BCUT2D eigenvalue weighted by atomic mass is 9.94. The molecule has 0 fully saturated rings. The highest BCUT2D eigenvalue weighted by Gasteiger charge is 2.13. The highest BCUT2D eigenvalue weighted by molar-refractivity contribution is 9.10. The molecule has 0 saturated carbocycles. The molecule has 0 bridgehead atoms. The molecule has 1 aromatic carbocycles. The van der Waals surface area contributed by atoms with Crippen LogP contribution in [-0.4, -0.2) is 6.54 Å². The summed E-state index contributed by atoms with van der Waals surface area (Å²) in [6.45, 7) is 0.721. The Morgan fingerprint density at radius 3 is 2.50 bits per heavy atom. The largest absolute Gasteiger partial charge is 0.330 e. The molecule has 0 radical (unpaired) electrons. The van der Waals surface area contributed by atoms with E-state index in [-0.39, 0.29) is 0 Å². The van der Waals surface area contributed by atoms with Crippen molar-refractivity contribution in [1.82, 2.24) is 0 Å². The van der Waals surface area contributed by atoms with Gasteiger partial charge in [0.25, 0.3) is 0 Å². The number of hydrogen-bond acceptors (Lipinski definition) is 2. The van der Waals surface area contributed by atoms with E-state index >= 15 is 0 Å². The predicted octanol–water partition coefficient (Wildman–Crippen LogP) is 3.99. The molecule has 0 aliphatic carbocycles. The van der Waals surface area contributed by atoms with Crippen LogP contribution in [0.25, 0.3) is 0 Å². The standard InChI is InChI=1S/C13H14BrNS/c14-11-5-3-10(4-6-11)12(7-8-15)13-2-1-9-16-13/h1-6,9,12H,7-8,15H2. The number of thiophene rings is 1. The van der Waals surface area contributed by atoms with Gasteiger partial charge in [-0.1, -0.05) is 34.1 Å². The van der Waals surface area contributed by atoms with Crippen molar-refractivity contribution in [3.63, 3.8) is 0 Å². The number of benzene rings is 1. The summed E-state index contributed by atoms with van der Waals surface area (Å²) in [5.74, 6) is 0.443. The van der Waals surface area contributed by atoms with Gasteiger partial charge in [-0.25, -0.2) is 0 Å². The molecule has 0 spiro atoms. The summed E-state index contributed by atoms with van der Waals surface area (Å²) in [5.41, 5.74) is 7.04. The molecule has 0 aliphatic rings. The molecule has 1 aromatic heterocycles. The van der Waals surface area contributed by atoms with Gasteiger partial charge in [-0.2, -0.15) is 0 Å². The Kier molecular flexibility index (Phi) is 4.16. The fourth-order valence-corrected chi connectivity index (χ4v) is 2.98. The SMILES string of the molecule is NCCC(c1ccc(Br)cc1)c1cccs1. The molecule has 0 aliphatic heterocycles. The van der Waals surface area contributed by atoms with E-state index in [0.717, 1.165) is 17.4 Å². The number of halogens is 1. The zero-order chi connectivity index (χ0) is 11.4. The molecular weight excluding hydrogens is 282 g/mol. The van der Waals surface area contributed by atoms with E-state index in [1.807, 2.05) is 0 Å². The molecule has 16 heavy (non-hydrogen) atoms. The first-order valence-corrected chi connectivity index (χ1v) is 6.97. The Bertz CT molecular complexity index is 422. The Balaban J connectivity index is 2.29. The minimum atomic E-state index is 0.443. The molecule has 2 N–H and O–H groups in total. The van der Waals surface area contributed by atoms with E-state index in [9.17, 15) is 0 Å². The van der Waals surface area contributed by atoms with Crippen LogP contribution in [0.5, 0.6) is 0 Å². The van der Waals surface area contributed by atoms with Crippen LogP contribution >= 0.6 is 27.3 Å². The average molecular weight is 296 g/mol. The topological polar surface area (TPSA) is 26.0 Å². The predicted molar refractivity (Wildman–Crippen MR) is 74.0 cm³/mol. The zero-order valence-electron chi connectivity index (χ0n) is 8.90. The fraction of sp³-hybridized carbons (Fsp3) is 0.231. The lowest BCUT2D eigenvalue weighted by molar-refractivity contribution is 0.737. The van der Waals surface area contributed by atoms with Gasteiger partial charge in [0.1, 0.15) is 0 Å². The Hall–Kier alpha value is -0.640. The van der Waals surface area contributed by atoms with Crippen molar-refractivity contribution >= 4 is 27.3 Å². The van der Waals surface area contributed by atoms with Crippen molar-refractivity contribution in [2.45, 2.75) is 12.3 Å². The molecule has 1 atom stereocenters. The Labute approximate surface area is 108 Å². The van der Waals surface area contributed by atoms with E-state index in [1.54, 1.807) is 11.3 Å². The molecule has 1 nitrogen and oxygen atoms in total. The van der Waals surface area contributed by atoms with Gasteiger partial charge in [0.15, 0.2) is 0 Å². The van der Waals surface area contributed by atoms with Crippen LogP contribution in [0.2, 0.25) is 0 Å². The third kappa shape index (κ3) is 2.73. The van der Waals surface area contributed by atoms with Gasteiger partial charge in [-0.3, -0.25) is 0 Å². The van der Waals surface area contributed by atoms with Gasteiger partial charge in [0.2, 0.25) is 0 Å². The molecule has 1 heterocycles. The van der Waals surface area contributed by atoms with Crippen molar-refractivity contribution in [3.8, 4) is 0 Å². The molecule has 2 aromatic rings. The van der Waals surface area contributed by atoms with E-state index in [0.29, 0.717) is 5.92 Å². The van der Waals surface area contributed by atoms with E-state index in [1.165, 1.54) is 10.4 Å². The monoisotopic (exact) mass is 295 g/mol. The third-order valence-corrected chi connectivity index (χ3v) is 4.13. The van der Waals surface area contributed by atoms with Crippen molar-refractivity contribution < 1.29 is 0 Å². The second-order valence-electron chi connectivity index (χ2n) is 3.70. The Morgan fingerprint density at radius 1 is 1.19 bits per heavy atom. The quantitative estimate of drug-likeness (QED) is 0.907. The smallest absolute Gasteiger partial charge is 0.0195 e. The second kappa shape index (κ2) is 5.62. The van der Waals surface area contributed by atoms with Crippen LogP contribution < -0.4 is 5.73 Å². The molecular formula is C13H14BrNS. The van der Waals surface area contributed by atoms with Crippen LogP contribution in [0.4, 0.5) is 0 Å². The van der Waals surface area contributed by atoms with Crippen LogP contribution in [0, 0.1) is 0 Å². The lowest BCUT2D eigenvalue weighted by Crippen LogP contribution is -2.07. The first-order valence-electron chi connectivity index (χ1n) is 5.30. The second-order valence-corrected chi connectivity index (χ2v) is 5.59. The first kappa shape index (κ1) is 11.8. The zero-order valence-corrected chi connectivity index (χ0v) is 11.3. The van der Waals surface area contributed by atoms with Gasteiger partial charge < -0.3 is 5.73 Å². The minimum absolute atomic E-state index is 0.443. The lowest BCUT2D eigenvalue weighted by Gasteiger charge is -2.14. The van der Waals surface area contributed by atoms with Gasteiger partial charge in [-0.05, 0) is 42.1 Å². The van der Waals surface area contributed by atoms with Crippen molar-refractivity contribution in [1.29, 1.82) is 0 Å². The maximum Gasteiger partial charge on any atom is 0.0195 e. The van der Waals surface area contributed by atoms with Crippen molar-refractivity contribution in [2.24, 2.45) is 5.73 Å². The normalized spacial score (nSPS) is 12.6. The molecule has 0 saturated heterocycles. The summed E-state index contributed by atoms with van der Waals surface area (Å²) in [6, 6.07) is 12.8. The molecule has 2 rings (SSSR count). The summed E-state index contributed by atoms with van der Waals surface area (Å²) in [6.07, 6.45) is 1.00. The first-order chi connectivity index (χ1) is 7.81. The summed E-state index contributed by atoms with van der Waals surface area (Å²) >= 11 is 5.26. The minimum Gasteiger partial charge on any atom is -0.330 e. The van der Waals surface area contributed by atoms with Crippen LogP contribution in [0.3, 0.4) is 0 Å². The molecule has 3 heteroatoms. The molecule has 0 amide bonds. The number of rotatable bonds is 4. The van der Waals surface area contributed by atoms with Crippen LogP contribution in [0.15, 0.2) is 46.3 Å². The fourth-order valence-electron chi connectivity index (χ4n) is 1.82. The summed E-state index contributed by atoms with van der Waals surface area (Å²) < 4.78 is 1.12. The van der Waals surface area contributed by atoms with Crippen molar-refractivity contribution in [2.75, 3.05) is 6.54 Å². The molecule has 84 valence electrons. The third-order valence-electron chi connectivity index (χ3n) is 2.61. The van der Waals surface area contributed by atoms with Gasteiger partial charge in [0.05, 0.1) is 0 Å². The van der Waals surface area contributed by atoms with E-state index in [2.05, 4.69) is 57.7 Å². The van der Waals surface area contributed by atoms with E-state index in [4.69, 9.17) is 5.73 Å². The summed E-state index contributed by atoms with van der Waals surface area (Å²) in [4.78, 5) is 1.40. The van der Waals surface area contributed by atoms with Crippen LogP contribution in [-0.2, 0) is 0 Å². The Morgan fingerprint density at radius 2 is 1.94 bits per heavy atom. The van der Waals surface area contributed by atoms with Crippen molar-refractivity contribution in [3.05, 3.63) is 56.7 Å². The van der Waals surface area contributed by atoms with Gasteiger partial charge >= 0.3 is 0 Å². The summed E-state index contributed by atoms with van der Waals surface area (Å²) in [7, 11) is 0. The average Bonchev–Trinajstić information content (AvgIpc) is 2.81. The summed E-state index contributed by atoms with van der Waals surface area (Å²) in [5, 5.41) is 2.12.